The Bertz CT molecular complexity index is 919. The van der Waals surface area contributed by atoms with Crippen molar-refractivity contribution in [1.82, 2.24) is 21.1 Å². The van der Waals surface area contributed by atoms with Crippen molar-refractivity contribution in [3.8, 4) is 11.5 Å². The summed E-state index contributed by atoms with van der Waals surface area (Å²) < 4.78 is 29.2. The molecule has 3 N–H and O–H groups in total. The third kappa shape index (κ3) is 6.08. The standard InChI is InChI=1S/C22H27FN4O5/c1-30-19-8-5-16(13-20(19)31-2)18(27-9-11-32-12-10-27)14-24-22(29)26-25-21(28)15-3-6-17(23)7-4-15/h3-8,13,18H,9-12,14H2,1-2H3,(H,25,28)(H2,24,26,29)/t18-/m0/s1. The smallest absolute Gasteiger partial charge is 0.333 e. The highest BCUT2D eigenvalue weighted by molar-refractivity contribution is 5.95. The molecule has 2 aromatic carbocycles. The number of urea groups is 1. The van der Waals surface area contributed by atoms with Gasteiger partial charge in [0.15, 0.2) is 11.5 Å². The van der Waals surface area contributed by atoms with Crippen molar-refractivity contribution in [2.45, 2.75) is 6.04 Å². The van der Waals surface area contributed by atoms with E-state index in [2.05, 4.69) is 21.1 Å². The number of nitrogens with zero attached hydrogens (tertiary/aromatic N) is 1. The summed E-state index contributed by atoms with van der Waals surface area (Å²) in [4.78, 5) is 26.6. The van der Waals surface area contributed by atoms with Crippen LogP contribution in [0, 0.1) is 5.82 Å². The zero-order valence-electron chi connectivity index (χ0n) is 18.0. The molecule has 1 heterocycles. The Hall–Kier alpha value is -3.37. The van der Waals surface area contributed by atoms with Gasteiger partial charge in [-0.25, -0.2) is 14.6 Å². The molecule has 1 fully saturated rings. The van der Waals surface area contributed by atoms with Crippen molar-refractivity contribution < 1.29 is 28.2 Å². The molecule has 1 saturated heterocycles. The number of ether oxygens (including phenoxy) is 3. The zero-order chi connectivity index (χ0) is 22.9. The van der Waals surface area contributed by atoms with Crippen molar-refractivity contribution in [2.24, 2.45) is 0 Å². The van der Waals surface area contributed by atoms with E-state index in [1.165, 1.54) is 24.3 Å². The van der Waals surface area contributed by atoms with Gasteiger partial charge in [-0.05, 0) is 42.0 Å². The van der Waals surface area contributed by atoms with Gasteiger partial charge in [-0.15, -0.1) is 0 Å². The third-order valence-electron chi connectivity index (χ3n) is 5.13. The van der Waals surface area contributed by atoms with Gasteiger partial charge in [-0.3, -0.25) is 15.1 Å². The molecule has 0 unspecified atom stereocenters. The number of amides is 3. The molecule has 172 valence electrons. The predicted octanol–water partition coefficient (Wildman–Crippen LogP) is 1.86. The molecule has 9 nitrogen and oxygen atoms in total. The van der Waals surface area contributed by atoms with Crippen LogP contribution >= 0.6 is 0 Å². The van der Waals surface area contributed by atoms with E-state index in [4.69, 9.17) is 14.2 Å². The maximum Gasteiger partial charge on any atom is 0.333 e. The minimum atomic E-state index is -0.570. The number of carbonyl (C=O) groups is 2. The molecule has 0 saturated carbocycles. The Labute approximate surface area is 185 Å². The van der Waals surface area contributed by atoms with Crippen molar-refractivity contribution in [1.29, 1.82) is 0 Å². The van der Waals surface area contributed by atoms with Gasteiger partial charge in [-0.1, -0.05) is 6.07 Å². The normalized spacial score (nSPS) is 14.8. The second-order valence-electron chi connectivity index (χ2n) is 7.07. The van der Waals surface area contributed by atoms with Crippen molar-refractivity contribution >= 4 is 11.9 Å². The number of carbonyl (C=O) groups excluding carboxylic acids is 2. The molecular weight excluding hydrogens is 419 g/mol. The number of hydrogen-bond donors (Lipinski definition) is 3. The first-order valence-corrected chi connectivity index (χ1v) is 10.1. The molecule has 0 aliphatic carbocycles. The molecule has 3 amide bonds. The van der Waals surface area contributed by atoms with Gasteiger partial charge in [0, 0.05) is 25.2 Å². The molecule has 0 radical (unpaired) electrons. The van der Waals surface area contributed by atoms with E-state index in [1.54, 1.807) is 14.2 Å². The van der Waals surface area contributed by atoms with Crippen LogP contribution in [0.3, 0.4) is 0 Å². The molecule has 3 rings (SSSR count). The lowest BCUT2D eigenvalue weighted by Gasteiger charge is -2.35. The number of morpholine rings is 1. The summed E-state index contributed by atoms with van der Waals surface area (Å²) in [5.74, 6) is 0.215. The van der Waals surface area contributed by atoms with E-state index in [0.29, 0.717) is 37.8 Å². The summed E-state index contributed by atoms with van der Waals surface area (Å²) in [6, 6.07) is 9.93. The average molecular weight is 446 g/mol. The van der Waals surface area contributed by atoms with E-state index in [0.717, 1.165) is 5.56 Å². The van der Waals surface area contributed by atoms with Crippen LogP contribution in [0.5, 0.6) is 11.5 Å². The SMILES string of the molecule is COc1ccc([C@H](CNC(=O)NNC(=O)c2ccc(F)cc2)N2CCOCC2)cc1OC. The number of nitrogens with one attached hydrogen (secondary N) is 3. The highest BCUT2D eigenvalue weighted by atomic mass is 19.1. The lowest BCUT2D eigenvalue weighted by atomic mass is 10.0. The molecule has 1 atom stereocenters. The van der Waals surface area contributed by atoms with Crippen LogP contribution in [0.1, 0.15) is 22.0 Å². The minimum absolute atomic E-state index is 0.141. The van der Waals surface area contributed by atoms with Crippen LogP contribution in [0.25, 0.3) is 0 Å². The number of rotatable bonds is 7. The van der Waals surface area contributed by atoms with Gasteiger partial charge >= 0.3 is 6.03 Å². The lowest BCUT2D eigenvalue weighted by molar-refractivity contribution is 0.0166. The topological polar surface area (TPSA) is 101 Å². The van der Waals surface area contributed by atoms with Gasteiger partial charge in [-0.2, -0.15) is 0 Å². The molecule has 32 heavy (non-hydrogen) atoms. The second-order valence-corrected chi connectivity index (χ2v) is 7.07. The first-order valence-electron chi connectivity index (χ1n) is 10.1. The summed E-state index contributed by atoms with van der Waals surface area (Å²) in [5, 5.41) is 2.78. The highest BCUT2D eigenvalue weighted by Crippen LogP contribution is 2.32. The van der Waals surface area contributed by atoms with Crippen LogP contribution in [-0.4, -0.2) is 63.9 Å². The zero-order valence-corrected chi connectivity index (χ0v) is 18.0. The van der Waals surface area contributed by atoms with E-state index < -0.39 is 17.8 Å². The van der Waals surface area contributed by atoms with Gasteiger partial charge < -0.3 is 19.5 Å². The fourth-order valence-electron chi connectivity index (χ4n) is 3.43. The fourth-order valence-corrected chi connectivity index (χ4v) is 3.43. The Morgan fingerprint density at radius 3 is 2.38 bits per heavy atom. The molecule has 2 aromatic rings. The monoisotopic (exact) mass is 446 g/mol. The summed E-state index contributed by atoms with van der Waals surface area (Å²) in [6.45, 7) is 2.91. The number of halogens is 1. The number of benzene rings is 2. The second kappa shape index (κ2) is 11.3. The number of methoxy groups -OCH3 is 2. The van der Waals surface area contributed by atoms with Crippen molar-refractivity contribution in [3.05, 3.63) is 59.4 Å². The average Bonchev–Trinajstić information content (AvgIpc) is 2.83. The summed E-state index contributed by atoms with van der Waals surface area (Å²) in [5.41, 5.74) is 5.79. The maximum atomic E-state index is 13.0. The quantitative estimate of drug-likeness (QED) is 0.562. The van der Waals surface area contributed by atoms with E-state index in [9.17, 15) is 14.0 Å². The van der Waals surface area contributed by atoms with Crippen LogP contribution < -0.4 is 25.6 Å². The van der Waals surface area contributed by atoms with Crippen LogP contribution in [0.4, 0.5) is 9.18 Å². The lowest BCUT2D eigenvalue weighted by Crippen LogP contribution is -2.50. The summed E-state index contributed by atoms with van der Waals surface area (Å²) in [6.07, 6.45) is 0. The number of hydrogen-bond acceptors (Lipinski definition) is 6. The molecule has 0 bridgehead atoms. The predicted molar refractivity (Wildman–Crippen MR) is 115 cm³/mol. The molecular formula is C22H27FN4O5. The molecule has 1 aliphatic rings. The van der Waals surface area contributed by atoms with E-state index in [1.807, 2.05) is 18.2 Å². The third-order valence-corrected chi connectivity index (χ3v) is 5.13. The largest absolute Gasteiger partial charge is 0.493 e. The summed E-state index contributed by atoms with van der Waals surface area (Å²) in [7, 11) is 3.14. The Morgan fingerprint density at radius 1 is 1.03 bits per heavy atom. The molecule has 1 aliphatic heterocycles. The van der Waals surface area contributed by atoms with Gasteiger partial charge in [0.05, 0.1) is 33.5 Å². The van der Waals surface area contributed by atoms with Crippen molar-refractivity contribution in [2.75, 3.05) is 47.1 Å². The van der Waals surface area contributed by atoms with Crippen LogP contribution in [0.2, 0.25) is 0 Å². The summed E-state index contributed by atoms with van der Waals surface area (Å²) >= 11 is 0. The highest BCUT2D eigenvalue weighted by Gasteiger charge is 2.24. The Kier molecular flexibility index (Phi) is 8.23. The first kappa shape index (κ1) is 23.3. The van der Waals surface area contributed by atoms with Gasteiger partial charge in [0.25, 0.3) is 5.91 Å². The maximum absolute atomic E-state index is 13.0. The van der Waals surface area contributed by atoms with Gasteiger partial charge in [0.1, 0.15) is 5.82 Å². The Morgan fingerprint density at radius 2 is 1.72 bits per heavy atom. The minimum Gasteiger partial charge on any atom is -0.493 e. The molecule has 10 heteroatoms. The van der Waals surface area contributed by atoms with E-state index >= 15 is 0 Å². The Balaban J connectivity index is 1.62. The molecule has 0 aromatic heterocycles. The van der Waals surface area contributed by atoms with Crippen molar-refractivity contribution in [3.63, 3.8) is 0 Å². The van der Waals surface area contributed by atoms with Crippen LogP contribution in [-0.2, 0) is 4.74 Å². The fraction of sp³-hybridized carbons (Fsp3) is 0.364. The van der Waals surface area contributed by atoms with E-state index in [-0.39, 0.29) is 18.2 Å². The molecule has 0 spiro atoms. The van der Waals surface area contributed by atoms with Gasteiger partial charge in [0.2, 0.25) is 0 Å². The first-order chi connectivity index (χ1) is 15.5. The number of hydrazine groups is 1. The van der Waals surface area contributed by atoms with Crippen LogP contribution in [0.15, 0.2) is 42.5 Å².